The minimum absolute atomic E-state index is 0.0841. The summed E-state index contributed by atoms with van der Waals surface area (Å²) in [5, 5.41) is 13.1. The van der Waals surface area contributed by atoms with E-state index in [0.717, 1.165) is 49.3 Å². The van der Waals surface area contributed by atoms with E-state index in [9.17, 15) is 10.1 Å². The molecule has 9 nitrogen and oxygen atoms in total. The standard InChI is InChI=1S/C36H46N6O3/c1-24-10-7-11-26-12-8-14-31(32(24)26)40-17-15-28-30(22-40)38-34(44-23-27-13-9-16-39(27)6)29(20-37)33(28)41-18-19-42(25(2)21-41)35(43)45-36(3,4)5/h7-8,10-12,14,25,27H,9,13,15-19,21-23H2,1-6H3/t25-,27-/m0/s1. The van der Waals surface area contributed by atoms with Crippen LogP contribution in [0.3, 0.4) is 0 Å². The molecule has 0 saturated carbocycles. The van der Waals surface area contributed by atoms with Crippen LogP contribution in [0.1, 0.15) is 62.9 Å². The summed E-state index contributed by atoms with van der Waals surface area (Å²) in [6, 6.07) is 15.7. The molecular formula is C36H46N6O3. The molecule has 1 aromatic heterocycles. The van der Waals surface area contributed by atoms with Crippen LogP contribution < -0.4 is 14.5 Å². The minimum atomic E-state index is -0.555. The zero-order valence-corrected chi connectivity index (χ0v) is 27.6. The van der Waals surface area contributed by atoms with Crippen LogP contribution in [0.2, 0.25) is 0 Å². The summed E-state index contributed by atoms with van der Waals surface area (Å²) in [5.74, 6) is 0.421. The van der Waals surface area contributed by atoms with Gasteiger partial charge >= 0.3 is 6.09 Å². The number of likely N-dealkylation sites (N-methyl/N-ethyl adjacent to an activating group) is 1. The van der Waals surface area contributed by atoms with Crippen LogP contribution in [0.4, 0.5) is 16.2 Å². The number of benzene rings is 2. The van der Waals surface area contributed by atoms with Gasteiger partial charge in [-0.05, 0) is 84.5 Å². The number of aryl methyl sites for hydroxylation is 1. The number of pyridine rings is 1. The second-order valence-electron chi connectivity index (χ2n) is 13.9. The van der Waals surface area contributed by atoms with Crippen molar-refractivity contribution in [2.45, 2.75) is 78.1 Å². The van der Waals surface area contributed by atoms with Gasteiger partial charge in [0.2, 0.25) is 5.88 Å². The quantitative estimate of drug-likeness (QED) is 0.353. The lowest BCUT2D eigenvalue weighted by Crippen LogP contribution is -2.55. The second-order valence-corrected chi connectivity index (χ2v) is 13.9. The van der Waals surface area contributed by atoms with E-state index in [0.29, 0.717) is 50.3 Å². The Labute approximate surface area is 267 Å². The molecule has 6 rings (SSSR count). The van der Waals surface area contributed by atoms with Crippen molar-refractivity contribution in [3.63, 3.8) is 0 Å². The molecule has 0 bridgehead atoms. The highest BCUT2D eigenvalue weighted by Gasteiger charge is 2.36. The average Bonchev–Trinajstić information content (AvgIpc) is 3.42. The summed E-state index contributed by atoms with van der Waals surface area (Å²) in [6.45, 7) is 14.6. The fraction of sp³-hybridized carbons (Fsp3) is 0.528. The molecule has 2 saturated heterocycles. The number of aromatic nitrogens is 1. The molecule has 1 amide bonds. The Kier molecular flexibility index (Phi) is 8.53. The van der Waals surface area contributed by atoms with Gasteiger partial charge in [-0.15, -0.1) is 0 Å². The highest BCUT2D eigenvalue weighted by atomic mass is 16.6. The maximum atomic E-state index is 13.0. The van der Waals surface area contributed by atoms with Crippen molar-refractivity contribution in [2.75, 3.05) is 56.2 Å². The molecule has 238 valence electrons. The van der Waals surface area contributed by atoms with Crippen molar-refractivity contribution in [3.05, 3.63) is 58.8 Å². The van der Waals surface area contributed by atoms with Gasteiger partial charge in [-0.2, -0.15) is 5.26 Å². The first-order valence-corrected chi connectivity index (χ1v) is 16.3. The van der Waals surface area contributed by atoms with Crippen molar-refractivity contribution in [2.24, 2.45) is 0 Å². The van der Waals surface area contributed by atoms with Gasteiger partial charge in [0.1, 0.15) is 23.8 Å². The summed E-state index contributed by atoms with van der Waals surface area (Å²) < 4.78 is 12.1. The van der Waals surface area contributed by atoms with Gasteiger partial charge in [0, 0.05) is 54.9 Å². The largest absolute Gasteiger partial charge is 0.475 e. The lowest BCUT2D eigenvalue weighted by atomic mass is 9.96. The molecule has 3 aliphatic heterocycles. The third-order valence-electron chi connectivity index (χ3n) is 9.49. The summed E-state index contributed by atoms with van der Waals surface area (Å²) in [5.41, 5.74) is 5.40. The zero-order chi connectivity index (χ0) is 31.9. The van der Waals surface area contributed by atoms with Crippen molar-refractivity contribution < 1.29 is 14.3 Å². The number of hydrogen-bond donors (Lipinski definition) is 0. The summed E-state index contributed by atoms with van der Waals surface area (Å²) >= 11 is 0. The molecule has 2 atom stereocenters. The molecule has 0 unspecified atom stereocenters. The topological polar surface area (TPSA) is 85.2 Å². The Bertz CT molecular complexity index is 1620. The molecule has 2 fully saturated rings. The second kappa shape index (κ2) is 12.4. The zero-order valence-electron chi connectivity index (χ0n) is 27.6. The lowest BCUT2D eigenvalue weighted by Gasteiger charge is -2.43. The van der Waals surface area contributed by atoms with Crippen LogP contribution in [0.5, 0.6) is 5.88 Å². The van der Waals surface area contributed by atoms with Crippen LogP contribution in [0, 0.1) is 18.3 Å². The number of nitrogens with zero attached hydrogens (tertiary/aromatic N) is 6. The highest BCUT2D eigenvalue weighted by molar-refractivity contribution is 5.97. The van der Waals surface area contributed by atoms with Crippen molar-refractivity contribution in [1.29, 1.82) is 5.26 Å². The van der Waals surface area contributed by atoms with E-state index in [1.807, 2.05) is 27.7 Å². The Morgan fingerprint density at radius 1 is 1.09 bits per heavy atom. The average molecular weight is 611 g/mol. The van der Waals surface area contributed by atoms with Crippen LogP contribution in [0.15, 0.2) is 36.4 Å². The molecule has 45 heavy (non-hydrogen) atoms. The van der Waals surface area contributed by atoms with Gasteiger partial charge in [0.05, 0.1) is 17.9 Å². The Balaban J connectivity index is 1.36. The summed E-state index contributed by atoms with van der Waals surface area (Å²) in [4.78, 5) is 26.9. The molecule has 3 aromatic rings. The van der Waals surface area contributed by atoms with Gasteiger partial charge in [-0.1, -0.05) is 30.3 Å². The first-order valence-electron chi connectivity index (χ1n) is 16.3. The first-order chi connectivity index (χ1) is 21.5. The first kappa shape index (κ1) is 31.0. The SMILES string of the molecule is Cc1cccc2cccc(N3CCc4c(nc(OC[C@@H]5CCCN5C)c(C#N)c4N4CCN(C(=O)OC(C)(C)C)[C@@H](C)C4)C3)c12. The van der Waals surface area contributed by atoms with Gasteiger partial charge in [-0.25, -0.2) is 9.78 Å². The van der Waals surface area contributed by atoms with Crippen LogP contribution in [-0.4, -0.2) is 84.9 Å². The Morgan fingerprint density at radius 3 is 2.56 bits per heavy atom. The molecule has 0 spiro atoms. The number of ether oxygens (including phenoxy) is 2. The number of anilines is 2. The molecule has 2 aromatic carbocycles. The van der Waals surface area contributed by atoms with Gasteiger partial charge < -0.3 is 29.1 Å². The minimum Gasteiger partial charge on any atom is -0.475 e. The molecule has 0 aliphatic carbocycles. The number of piperazine rings is 1. The molecule has 3 aliphatic rings. The fourth-order valence-electron chi connectivity index (χ4n) is 7.18. The maximum absolute atomic E-state index is 13.0. The number of amides is 1. The third-order valence-corrected chi connectivity index (χ3v) is 9.49. The number of hydrogen-bond acceptors (Lipinski definition) is 8. The van der Waals surface area contributed by atoms with Crippen molar-refractivity contribution >= 4 is 28.2 Å². The van der Waals surface area contributed by atoms with Crippen molar-refractivity contribution in [3.8, 4) is 11.9 Å². The van der Waals surface area contributed by atoms with E-state index in [4.69, 9.17) is 14.5 Å². The number of nitriles is 1. The molecule has 9 heteroatoms. The van der Waals surface area contributed by atoms with E-state index >= 15 is 0 Å². The van der Waals surface area contributed by atoms with Gasteiger partial charge in [0.25, 0.3) is 0 Å². The van der Waals surface area contributed by atoms with E-state index in [1.54, 1.807) is 4.90 Å². The Hall–Kier alpha value is -4.03. The number of carbonyl (C=O) groups is 1. The lowest BCUT2D eigenvalue weighted by molar-refractivity contribution is 0.0159. The monoisotopic (exact) mass is 610 g/mol. The van der Waals surface area contributed by atoms with E-state index in [2.05, 4.69) is 71.1 Å². The Morgan fingerprint density at radius 2 is 1.87 bits per heavy atom. The maximum Gasteiger partial charge on any atom is 0.410 e. The number of likely N-dealkylation sites (tertiary alicyclic amines) is 1. The van der Waals surface area contributed by atoms with Gasteiger partial charge in [-0.3, -0.25) is 0 Å². The summed E-state index contributed by atoms with van der Waals surface area (Å²) in [6.07, 6.45) is 2.70. The molecule has 4 heterocycles. The van der Waals surface area contributed by atoms with Crippen LogP contribution >= 0.6 is 0 Å². The van der Waals surface area contributed by atoms with E-state index < -0.39 is 5.60 Å². The highest BCUT2D eigenvalue weighted by Crippen LogP contribution is 2.40. The number of carbonyl (C=O) groups excluding carboxylic acids is 1. The number of rotatable bonds is 5. The molecule has 0 radical (unpaired) electrons. The van der Waals surface area contributed by atoms with Crippen LogP contribution in [-0.2, 0) is 17.7 Å². The van der Waals surface area contributed by atoms with E-state index in [1.165, 1.54) is 22.0 Å². The van der Waals surface area contributed by atoms with Gasteiger partial charge in [0.15, 0.2) is 0 Å². The summed E-state index contributed by atoms with van der Waals surface area (Å²) in [7, 11) is 2.13. The third kappa shape index (κ3) is 6.26. The predicted octanol–water partition coefficient (Wildman–Crippen LogP) is 5.90. The fourth-order valence-corrected chi connectivity index (χ4v) is 7.18. The normalized spacial score (nSPS) is 20.7. The molecule has 0 N–H and O–H groups in total. The number of fused-ring (bicyclic) bond motifs is 2. The predicted molar refractivity (Wildman–Crippen MR) is 178 cm³/mol. The van der Waals surface area contributed by atoms with E-state index in [-0.39, 0.29) is 12.1 Å². The van der Waals surface area contributed by atoms with Crippen molar-refractivity contribution in [1.82, 2.24) is 14.8 Å². The smallest absolute Gasteiger partial charge is 0.410 e. The van der Waals surface area contributed by atoms with Crippen LogP contribution in [0.25, 0.3) is 10.8 Å². The molecular weight excluding hydrogens is 564 g/mol.